The maximum atomic E-state index is 12.8. The Hall–Kier alpha value is -1.68. The molecule has 2 aromatic rings. The van der Waals surface area contributed by atoms with Crippen molar-refractivity contribution >= 4 is 17.3 Å². The van der Waals surface area contributed by atoms with Gasteiger partial charge in [-0.25, -0.2) is 0 Å². The van der Waals surface area contributed by atoms with E-state index in [0.717, 1.165) is 5.56 Å². The second-order valence-corrected chi connectivity index (χ2v) is 5.30. The lowest BCUT2D eigenvalue weighted by atomic mass is 10.0. The highest BCUT2D eigenvalue weighted by Gasteiger charge is 2.32. The van der Waals surface area contributed by atoms with Crippen LogP contribution in [0.25, 0.3) is 0 Å². The van der Waals surface area contributed by atoms with E-state index >= 15 is 0 Å². The Kier molecular flexibility index (Phi) is 4.78. The van der Waals surface area contributed by atoms with Gasteiger partial charge in [0.2, 0.25) is 0 Å². The Morgan fingerprint density at radius 3 is 2.33 bits per heavy atom. The van der Waals surface area contributed by atoms with E-state index in [1.165, 1.54) is 0 Å². The monoisotopic (exact) mass is 313 g/mol. The standard InChI is InChI=1S/C16H15ClF3N/c1-11-7-8-13(9-14(11)17)21-15(10-16(18,19)20)12-5-3-2-4-6-12/h2-9,15,21H,10H2,1H3. The van der Waals surface area contributed by atoms with Crippen molar-refractivity contribution in [3.8, 4) is 0 Å². The first-order valence-electron chi connectivity index (χ1n) is 6.49. The zero-order valence-electron chi connectivity index (χ0n) is 11.4. The van der Waals surface area contributed by atoms with E-state index in [1.54, 1.807) is 48.5 Å². The molecular weight excluding hydrogens is 299 g/mol. The zero-order chi connectivity index (χ0) is 15.5. The van der Waals surface area contributed by atoms with Crippen LogP contribution in [0.2, 0.25) is 5.02 Å². The first-order valence-corrected chi connectivity index (χ1v) is 6.87. The van der Waals surface area contributed by atoms with Crippen LogP contribution in [0.3, 0.4) is 0 Å². The van der Waals surface area contributed by atoms with Crippen LogP contribution in [-0.2, 0) is 0 Å². The van der Waals surface area contributed by atoms with Crippen LogP contribution in [-0.4, -0.2) is 6.18 Å². The van der Waals surface area contributed by atoms with Crippen molar-refractivity contribution in [2.45, 2.75) is 25.6 Å². The number of benzene rings is 2. The van der Waals surface area contributed by atoms with Crippen LogP contribution in [0.4, 0.5) is 18.9 Å². The lowest BCUT2D eigenvalue weighted by Gasteiger charge is -2.22. The van der Waals surface area contributed by atoms with Gasteiger partial charge in [-0.1, -0.05) is 48.0 Å². The molecule has 0 saturated carbocycles. The predicted molar refractivity (Wildman–Crippen MR) is 79.7 cm³/mol. The average Bonchev–Trinajstić information content (AvgIpc) is 2.42. The largest absolute Gasteiger partial charge is 0.391 e. The summed E-state index contributed by atoms with van der Waals surface area (Å²) in [6.07, 6.45) is -5.19. The Bertz CT molecular complexity index is 596. The second-order valence-electron chi connectivity index (χ2n) is 4.89. The molecule has 2 rings (SSSR count). The van der Waals surface area contributed by atoms with Gasteiger partial charge in [-0.3, -0.25) is 0 Å². The smallest absolute Gasteiger partial charge is 0.378 e. The van der Waals surface area contributed by atoms with Crippen molar-refractivity contribution in [2.75, 3.05) is 5.32 Å². The van der Waals surface area contributed by atoms with Crippen LogP contribution in [0.1, 0.15) is 23.6 Å². The first-order chi connectivity index (χ1) is 9.85. The molecular formula is C16H15ClF3N. The van der Waals surface area contributed by atoms with Gasteiger partial charge in [0.15, 0.2) is 0 Å². The van der Waals surface area contributed by atoms with Crippen molar-refractivity contribution in [3.05, 3.63) is 64.7 Å². The molecule has 1 atom stereocenters. The van der Waals surface area contributed by atoms with Crippen LogP contribution in [0.5, 0.6) is 0 Å². The fourth-order valence-electron chi connectivity index (χ4n) is 2.05. The van der Waals surface area contributed by atoms with Crippen LogP contribution < -0.4 is 5.32 Å². The van der Waals surface area contributed by atoms with Crippen LogP contribution in [0.15, 0.2) is 48.5 Å². The van der Waals surface area contributed by atoms with Crippen LogP contribution in [0, 0.1) is 6.92 Å². The molecule has 21 heavy (non-hydrogen) atoms. The van der Waals surface area contributed by atoms with E-state index in [2.05, 4.69) is 5.32 Å². The molecule has 0 heterocycles. The van der Waals surface area contributed by atoms with Gasteiger partial charge in [0.25, 0.3) is 0 Å². The van der Waals surface area contributed by atoms with Gasteiger partial charge in [0, 0.05) is 10.7 Å². The summed E-state index contributed by atoms with van der Waals surface area (Å²) < 4.78 is 38.3. The van der Waals surface area contributed by atoms with Crippen molar-refractivity contribution in [2.24, 2.45) is 0 Å². The normalized spacial score (nSPS) is 13.0. The van der Waals surface area contributed by atoms with Crippen LogP contribution >= 0.6 is 11.6 Å². The minimum Gasteiger partial charge on any atom is -0.378 e. The van der Waals surface area contributed by atoms with E-state index in [0.29, 0.717) is 16.3 Å². The van der Waals surface area contributed by atoms with Crippen molar-refractivity contribution in [1.29, 1.82) is 0 Å². The minimum atomic E-state index is -4.25. The zero-order valence-corrected chi connectivity index (χ0v) is 12.2. The minimum absolute atomic E-state index is 0.527. The van der Waals surface area contributed by atoms with Gasteiger partial charge in [-0.2, -0.15) is 13.2 Å². The Morgan fingerprint density at radius 1 is 1.10 bits per heavy atom. The molecule has 0 aliphatic heterocycles. The summed E-state index contributed by atoms with van der Waals surface area (Å²) in [5.74, 6) is 0. The number of nitrogens with one attached hydrogen (secondary N) is 1. The van der Waals surface area contributed by atoms with Gasteiger partial charge in [-0.05, 0) is 30.2 Å². The molecule has 1 nitrogen and oxygen atoms in total. The third-order valence-corrected chi connectivity index (χ3v) is 3.56. The number of hydrogen-bond acceptors (Lipinski definition) is 1. The second kappa shape index (κ2) is 6.39. The fourth-order valence-corrected chi connectivity index (χ4v) is 2.23. The van der Waals surface area contributed by atoms with Gasteiger partial charge in [0.05, 0.1) is 12.5 Å². The highest BCUT2D eigenvalue weighted by atomic mass is 35.5. The topological polar surface area (TPSA) is 12.0 Å². The summed E-state index contributed by atoms with van der Waals surface area (Å²) in [7, 11) is 0. The number of rotatable bonds is 4. The number of aryl methyl sites for hydroxylation is 1. The van der Waals surface area contributed by atoms with Crippen molar-refractivity contribution < 1.29 is 13.2 Å². The molecule has 1 unspecified atom stereocenters. The van der Waals surface area contributed by atoms with E-state index in [-0.39, 0.29) is 0 Å². The molecule has 0 spiro atoms. The molecule has 5 heteroatoms. The van der Waals surface area contributed by atoms with Gasteiger partial charge < -0.3 is 5.32 Å². The highest BCUT2D eigenvalue weighted by molar-refractivity contribution is 6.31. The number of alkyl halides is 3. The number of halogens is 4. The molecule has 0 fully saturated rings. The molecule has 0 radical (unpaired) electrons. The van der Waals surface area contributed by atoms with E-state index in [1.807, 2.05) is 6.92 Å². The van der Waals surface area contributed by atoms with Gasteiger partial charge in [0.1, 0.15) is 0 Å². The van der Waals surface area contributed by atoms with Crippen molar-refractivity contribution in [3.63, 3.8) is 0 Å². The van der Waals surface area contributed by atoms with E-state index in [4.69, 9.17) is 11.6 Å². The summed E-state index contributed by atoms with van der Waals surface area (Å²) in [6.45, 7) is 1.84. The number of anilines is 1. The fraction of sp³-hybridized carbons (Fsp3) is 0.250. The lowest BCUT2D eigenvalue weighted by Crippen LogP contribution is -2.20. The van der Waals surface area contributed by atoms with Crippen molar-refractivity contribution in [1.82, 2.24) is 0 Å². The molecule has 0 saturated heterocycles. The summed E-state index contributed by atoms with van der Waals surface area (Å²) in [4.78, 5) is 0. The molecule has 0 aliphatic carbocycles. The SMILES string of the molecule is Cc1ccc(NC(CC(F)(F)F)c2ccccc2)cc1Cl. The molecule has 2 aromatic carbocycles. The summed E-state index contributed by atoms with van der Waals surface area (Å²) >= 11 is 6.01. The average molecular weight is 314 g/mol. The lowest BCUT2D eigenvalue weighted by molar-refractivity contribution is -0.137. The molecule has 0 amide bonds. The Balaban J connectivity index is 2.25. The maximum Gasteiger partial charge on any atom is 0.391 e. The first kappa shape index (κ1) is 15.7. The number of hydrogen-bond donors (Lipinski definition) is 1. The third kappa shape index (κ3) is 4.67. The summed E-state index contributed by atoms with van der Waals surface area (Å²) in [5, 5.41) is 3.44. The molecule has 0 aliphatic rings. The van der Waals surface area contributed by atoms with Gasteiger partial charge in [-0.15, -0.1) is 0 Å². The quantitative estimate of drug-likeness (QED) is 0.757. The highest BCUT2D eigenvalue weighted by Crippen LogP contribution is 2.33. The predicted octanol–water partition coefficient (Wildman–Crippen LogP) is 5.75. The molecule has 1 N–H and O–H groups in total. The Labute approximate surface area is 126 Å². The van der Waals surface area contributed by atoms with E-state index in [9.17, 15) is 13.2 Å². The molecule has 0 bridgehead atoms. The van der Waals surface area contributed by atoms with Gasteiger partial charge >= 0.3 is 6.18 Å². The maximum absolute atomic E-state index is 12.8. The Morgan fingerprint density at radius 2 is 1.76 bits per heavy atom. The molecule has 112 valence electrons. The molecule has 0 aromatic heterocycles. The summed E-state index contributed by atoms with van der Waals surface area (Å²) in [5.41, 5.74) is 2.05. The summed E-state index contributed by atoms with van der Waals surface area (Å²) in [6, 6.07) is 12.9. The third-order valence-electron chi connectivity index (χ3n) is 3.15. The van der Waals surface area contributed by atoms with E-state index < -0.39 is 18.6 Å².